The predicted octanol–water partition coefficient (Wildman–Crippen LogP) is 3.43. The number of methoxy groups -OCH3 is 1. The fraction of sp³-hybridized carbons (Fsp3) is 0.429. The van der Waals surface area contributed by atoms with Crippen LogP contribution in [0.1, 0.15) is 35.6 Å². The monoisotopic (exact) mass is 388 g/mol. The number of aryl methyl sites for hydroxylation is 2. The van der Waals surface area contributed by atoms with Crippen LogP contribution in [0.3, 0.4) is 0 Å². The first-order chi connectivity index (χ1) is 12.9. The van der Waals surface area contributed by atoms with Gasteiger partial charge in [-0.2, -0.15) is 0 Å². The number of nitrogens with zero attached hydrogens (tertiary/aromatic N) is 1. The molecule has 27 heavy (non-hydrogen) atoms. The highest BCUT2D eigenvalue weighted by Gasteiger charge is 2.26. The van der Waals surface area contributed by atoms with E-state index in [1.807, 2.05) is 50.2 Å². The smallest absolute Gasteiger partial charge is 0.240 e. The fourth-order valence-electron chi connectivity index (χ4n) is 3.73. The van der Waals surface area contributed by atoms with Gasteiger partial charge in [0.15, 0.2) is 0 Å². The number of rotatable bonds is 7. The third kappa shape index (κ3) is 4.69. The molecule has 1 fully saturated rings. The Hall–Kier alpha value is -1.89. The van der Waals surface area contributed by atoms with Gasteiger partial charge in [0.25, 0.3) is 0 Å². The summed E-state index contributed by atoms with van der Waals surface area (Å²) < 4.78 is 34.0. The lowest BCUT2D eigenvalue weighted by molar-refractivity contribution is 0.246. The summed E-state index contributed by atoms with van der Waals surface area (Å²) in [7, 11) is -1.92. The minimum absolute atomic E-state index is 0.0110. The van der Waals surface area contributed by atoms with Gasteiger partial charge >= 0.3 is 0 Å². The molecule has 0 aromatic heterocycles. The second-order valence-electron chi connectivity index (χ2n) is 7.16. The average Bonchev–Trinajstić information content (AvgIpc) is 3.16. The van der Waals surface area contributed by atoms with Crippen LogP contribution in [0.4, 0.5) is 0 Å². The summed E-state index contributed by atoms with van der Waals surface area (Å²) >= 11 is 0. The number of hydrogen-bond donors (Lipinski definition) is 1. The topological polar surface area (TPSA) is 58.6 Å². The van der Waals surface area contributed by atoms with Gasteiger partial charge in [0, 0.05) is 12.6 Å². The van der Waals surface area contributed by atoms with E-state index in [2.05, 4.69) is 9.62 Å². The molecule has 0 aliphatic carbocycles. The molecule has 0 radical (unpaired) electrons. The van der Waals surface area contributed by atoms with E-state index in [1.54, 1.807) is 13.2 Å². The normalized spacial score (nSPS) is 16.4. The van der Waals surface area contributed by atoms with Crippen LogP contribution in [0.2, 0.25) is 0 Å². The Morgan fingerprint density at radius 3 is 2.52 bits per heavy atom. The van der Waals surface area contributed by atoms with Crippen molar-refractivity contribution in [3.05, 3.63) is 59.2 Å². The van der Waals surface area contributed by atoms with Gasteiger partial charge in [0.1, 0.15) is 5.75 Å². The van der Waals surface area contributed by atoms with E-state index in [4.69, 9.17) is 4.74 Å². The van der Waals surface area contributed by atoms with Crippen LogP contribution in [0, 0.1) is 13.8 Å². The molecule has 1 heterocycles. The molecule has 0 saturated carbocycles. The fourth-order valence-corrected chi connectivity index (χ4v) is 4.99. The van der Waals surface area contributed by atoms with Crippen LogP contribution in [0.5, 0.6) is 5.75 Å². The van der Waals surface area contributed by atoms with Crippen LogP contribution in [0.15, 0.2) is 47.4 Å². The lowest BCUT2D eigenvalue weighted by Crippen LogP contribution is -2.37. The van der Waals surface area contributed by atoms with Gasteiger partial charge in [-0.25, -0.2) is 13.1 Å². The predicted molar refractivity (Wildman–Crippen MR) is 108 cm³/mol. The molecule has 0 amide bonds. The van der Waals surface area contributed by atoms with Gasteiger partial charge in [-0.05, 0) is 69.1 Å². The van der Waals surface area contributed by atoms with Crippen LogP contribution in [-0.4, -0.2) is 40.1 Å². The quantitative estimate of drug-likeness (QED) is 0.790. The van der Waals surface area contributed by atoms with Gasteiger partial charge in [-0.15, -0.1) is 0 Å². The summed E-state index contributed by atoms with van der Waals surface area (Å²) in [6.07, 6.45) is 2.29. The summed E-state index contributed by atoms with van der Waals surface area (Å²) in [6.45, 7) is 6.09. The number of ether oxygens (including phenoxy) is 1. The summed E-state index contributed by atoms with van der Waals surface area (Å²) in [5.74, 6) is 0.786. The van der Waals surface area contributed by atoms with Crippen molar-refractivity contribution in [1.29, 1.82) is 0 Å². The SMILES string of the molecule is COc1cccc(C(CNS(=O)(=O)c2ccc(C)cc2C)N2CCCC2)c1. The summed E-state index contributed by atoms with van der Waals surface area (Å²) in [6, 6.07) is 13.3. The van der Waals surface area contributed by atoms with Gasteiger partial charge in [0.05, 0.1) is 12.0 Å². The van der Waals surface area contributed by atoms with Crippen LogP contribution >= 0.6 is 0 Å². The molecule has 2 aromatic rings. The van der Waals surface area contributed by atoms with Crippen molar-refractivity contribution in [2.75, 3.05) is 26.7 Å². The van der Waals surface area contributed by atoms with E-state index in [1.165, 1.54) is 0 Å². The van der Waals surface area contributed by atoms with Gasteiger partial charge in [0.2, 0.25) is 10.0 Å². The first-order valence-electron chi connectivity index (χ1n) is 9.35. The Morgan fingerprint density at radius 1 is 1.11 bits per heavy atom. The number of likely N-dealkylation sites (tertiary alicyclic amines) is 1. The first-order valence-corrected chi connectivity index (χ1v) is 10.8. The molecule has 0 bridgehead atoms. The molecule has 1 N–H and O–H groups in total. The zero-order valence-electron chi connectivity index (χ0n) is 16.2. The first kappa shape index (κ1) is 19.9. The summed E-state index contributed by atoms with van der Waals surface area (Å²) in [5, 5.41) is 0. The Bertz CT molecular complexity index is 890. The molecule has 0 spiro atoms. The largest absolute Gasteiger partial charge is 0.497 e. The molecule has 1 aliphatic heterocycles. The molecule has 146 valence electrons. The second kappa shape index (κ2) is 8.42. The zero-order chi connectivity index (χ0) is 19.4. The molecule has 1 aliphatic rings. The molecular formula is C21H28N2O3S. The molecule has 1 atom stereocenters. The minimum Gasteiger partial charge on any atom is -0.497 e. The number of sulfonamides is 1. The molecule has 1 unspecified atom stereocenters. The molecule has 1 saturated heterocycles. The van der Waals surface area contributed by atoms with E-state index >= 15 is 0 Å². The summed E-state index contributed by atoms with van der Waals surface area (Å²) in [4.78, 5) is 2.69. The van der Waals surface area contributed by atoms with E-state index < -0.39 is 10.0 Å². The van der Waals surface area contributed by atoms with Crippen LogP contribution < -0.4 is 9.46 Å². The van der Waals surface area contributed by atoms with Crippen molar-refractivity contribution in [1.82, 2.24) is 9.62 Å². The third-order valence-electron chi connectivity index (χ3n) is 5.15. The summed E-state index contributed by atoms with van der Waals surface area (Å²) in [5.41, 5.74) is 2.89. The van der Waals surface area contributed by atoms with Gasteiger partial charge in [-0.3, -0.25) is 4.90 Å². The lowest BCUT2D eigenvalue weighted by Gasteiger charge is -2.28. The van der Waals surface area contributed by atoms with Gasteiger partial charge < -0.3 is 4.74 Å². The van der Waals surface area contributed by atoms with Crippen molar-refractivity contribution in [3.8, 4) is 5.75 Å². The Morgan fingerprint density at radius 2 is 1.85 bits per heavy atom. The van der Waals surface area contributed by atoms with Crippen molar-refractivity contribution >= 4 is 10.0 Å². The van der Waals surface area contributed by atoms with E-state index in [-0.39, 0.29) is 6.04 Å². The van der Waals surface area contributed by atoms with Crippen LogP contribution in [0.25, 0.3) is 0 Å². The highest BCUT2D eigenvalue weighted by molar-refractivity contribution is 7.89. The van der Waals surface area contributed by atoms with Crippen molar-refractivity contribution in [2.45, 2.75) is 37.6 Å². The van der Waals surface area contributed by atoms with Crippen molar-refractivity contribution < 1.29 is 13.2 Å². The number of benzene rings is 2. The maximum atomic E-state index is 12.9. The van der Waals surface area contributed by atoms with E-state index in [0.717, 1.165) is 48.4 Å². The highest BCUT2D eigenvalue weighted by atomic mass is 32.2. The second-order valence-corrected chi connectivity index (χ2v) is 8.89. The Kier molecular flexibility index (Phi) is 6.19. The Labute approximate surface area is 162 Å². The van der Waals surface area contributed by atoms with Crippen LogP contribution in [-0.2, 0) is 10.0 Å². The lowest BCUT2D eigenvalue weighted by atomic mass is 10.1. The molecule has 6 heteroatoms. The average molecular weight is 389 g/mol. The number of hydrogen-bond acceptors (Lipinski definition) is 4. The number of nitrogens with one attached hydrogen (secondary N) is 1. The van der Waals surface area contributed by atoms with Gasteiger partial charge in [-0.1, -0.05) is 29.8 Å². The standard InChI is InChI=1S/C21H28N2O3S/c1-16-9-10-21(17(2)13-16)27(24,25)22-15-20(23-11-4-5-12-23)18-7-6-8-19(14-18)26-3/h6-10,13-14,20,22H,4-5,11-12,15H2,1-3H3. The Balaban J connectivity index is 1.83. The highest BCUT2D eigenvalue weighted by Crippen LogP contribution is 2.28. The maximum absolute atomic E-state index is 12.9. The minimum atomic E-state index is -3.56. The third-order valence-corrected chi connectivity index (χ3v) is 6.73. The molecule has 3 rings (SSSR count). The maximum Gasteiger partial charge on any atom is 0.240 e. The molecular weight excluding hydrogens is 360 g/mol. The molecule has 5 nitrogen and oxygen atoms in total. The van der Waals surface area contributed by atoms with E-state index in [9.17, 15) is 8.42 Å². The van der Waals surface area contributed by atoms with Crippen molar-refractivity contribution in [3.63, 3.8) is 0 Å². The van der Waals surface area contributed by atoms with E-state index in [0.29, 0.717) is 11.4 Å². The molecule has 2 aromatic carbocycles. The zero-order valence-corrected chi connectivity index (χ0v) is 17.1. The van der Waals surface area contributed by atoms with Crippen molar-refractivity contribution in [2.24, 2.45) is 0 Å².